The van der Waals surface area contributed by atoms with Crippen molar-refractivity contribution in [3.8, 4) is 0 Å². The summed E-state index contributed by atoms with van der Waals surface area (Å²) in [5.41, 5.74) is 0. The van der Waals surface area contributed by atoms with Crippen LogP contribution in [0.1, 0.15) is 44.0 Å². The van der Waals surface area contributed by atoms with Gasteiger partial charge in [0.2, 0.25) is 0 Å². The number of carbonyl (C=O) groups is 2. The molecule has 0 saturated heterocycles. The summed E-state index contributed by atoms with van der Waals surface area (Å²) in [5, 5.41) is 11.6. The van der Waals surface area contributed by atoms with E-state index in [0.717, 1.165) is 13.1 Å². The summed E-state index contributed by atoms with van der Waals surface area (Å²) < 4.78 is 5.49. The molecule has 1 aromatic rings. The first-order chi connectivity index (χ1) is 9.88. The van der Waals surface area contributed by atoms with Gasteiger partial charge in [0.25, 0.3) is 5.91 Å². The van der Waals surface area contributed by atoms with Crippen molar-refractivity contribution in [3.05, 3.63) is 23.7 Å². The summed E-state index contributed by atoms with van der Waals surface area (Å²) in [6.45, 7) is 10.0. The van der Waals surface area contributed by atoms with Crippen molar-refractivity contribution in [2.24, 2.45) is 5.92 Å². The topological polar surface area (TPSA) is 82.8 Å². The van der Waals surface area contributed by atoms with E-state index in [1.807, 2.05) is 0 Å². The lowest BCUT2D eigenvalue weighted by molar-refractivity contribution is -0.140. The Labute approximate surface area is 125 Å². The molecule has 6 nitrogen and oxygen atoms in total. The van der Waals surface area contributed by atoms with Crippen molar-refractivity contribution in [1.82, 2.24) is 10.2 Å². The summed E-state index contributed by atoms with van der Waals surface area (Å²) in [6, 6.07) is 2.40. The van der Waals surface area contributed by atoms with Crippen LogP contribution in [0.25, 0.3) is 0 Å². The van der Waals surface area contributed by atoms with Crippen LogP contribution in [-0.2, 0) is 11.3 Å². The quantitative estimate of drug-likeness (QED) is 0.766. The van der Waals surface area contributed by atoms with Crippen LogP contribution in [0, 0.1) is 5.92 Å². The number of amides is 1. The molecule has 1 amide bonds. The van der Waals surface area contributed by atoms with Gasteiger partial charge < -0.3 is 14.8 Å². The van der Waals surface area contributed by atoms with E-state index >= 15 is 0 Å². The molecule has 1 aromatic heterocycles. The van der Waals surface area contributed by atoms with Crippen molar-refractivity contribution in [1.29, 1.82) is 0 Å². The average molecular weight is 296 g/mol. The van der Waals surface area contributed by atoms with Gasteiger partial charge in [-0.3, -0.25) is 9.69 Å². The summed E-state index contributed by atoms with van der Waals surface area (Å²) in [4.78, 5) is 25.3. The van der Waals surface area contributed by atoms with Gasteiger partial charge in [-0.1, -0.05) is 27.7 Å². The third kappa shape index (κ3) is 4.90. The molecule has 0 unspecified atom stereocenters. The molecule has 0 spiro atoms. The van der Waals surface area contributed by atoms with Crippen molar-refractivity contribution in [2.75, 3.05) is 13.1 Å². The lowest BCUT2D eigenvalue weighted by Crippen LogP contribution is -2.44. The highest BCUT2D eigenvalue weighted by Gasteiger charge is 2.25. The molecule has 0 fully saturated rings. The van der Waals surface area contributed by atoms with Crippen LogP contribution in [0.4, 0.5) is 0 Å². The number of aliphatic carboxylic acids is 1. The minimum atomic E-state index is -1.05. The molecular formula is C15H24N2O4. The van der Waals surface area contributed by atoms with Gasteiger partial charge in [0, 0.05) is 0 Å². The summed E-state index contributed by atoms with van der Waals surface area (Å²) in [7, 11) is 0. The van der Waals surface area contributed by atoms with Crippen LogP contribution in [0.3, 0.4) is 0 Å². The molecule has 2 N–H and O–H groups in total. The predicted molar refractivity (Wildman–Crippen MR) is 79.1 cm³/mol. The van der Waals surface area contributed by atoms with Crippen molar-refractivity contribution < 1.29 is 19.1 Å². The van der Waals surface area contributed by atoms with E-state index in [2.05, 4.69) is 24.1 Å². The highest BCUT2D eigenvalue weighted by Crippen LogP contribution is 2.12. The number of rotatable bonds is 8. The minimum absolute atomic E-state index is 0.143. The fourth-order valence-corrected chi connectivity index (χ4v) is 1.98. The van der Waals surface area contributed by atoms with Crippen LogP contribution in [0.2, 0.25) is 0 Å². The van der Waals surface area contributed by atoms with Crippen LogP contribution in [-0.4, -0.2) is 41.0 Å². The highest BCUT2D eigenvalue weighted by atomic mass is 16.4. The molecule has 1 rings (SSSR count). The third-order valence-electron chi connectivity index (χ3n) is 3.38. The second kappa shape index (κ2) is 7.83. The van der Waals surface area contributed by atoms with Crippen LogP contribution in [0.15, 0.2) is 16.5 Å². The zero-order valence-electron chi connectivity index (χ0n) is 13.0. The normalized spacial score (nSPS) is 12.7. The van der Waals surface area contributed by atoms with Gasteiger partial charge in [0.15, 0.2) is 5.76 Å². The van der Waals surface area contributed by atoms with Crippen molar-refractivity contribution >= 4 is 11.9 Å². The fourth-order valence-electron chi connectivity index (χ4n) is 1.98. The smallest absolute Gasteiger partial charge is 0.326 e. The van der Waals surface area contributed by atoms with E-state index in [0.29, 0.717) is 12.3 Å². The van der Waals surface area contributed by atoms with E-state index in [-0.39, 0.29) is 11.7 Å². The van der Waals surface area contributed by atoms with Crippen LogP contribution >= 0.6 is 0 Å². The Morgan fingerprint density at radius 3 is 2.38 bits per heavy atom. The van der Waals surface area contributed by atoms with Gasteiger partial charge in [0.05, 0.1) is 6.54 Å². The molecule has 118 valence electrons. The molecule has 0 bridgehead atoms. The zero-order valence-corrected chi connectivity index (χ0v) is 13.0. The maximum atomic E-state index is 12.0. The second-order valence-corrected chi connectivity index (χ2v) is 5.26. The van der Waals surface area contributed by atoms with E-state index < -0.39 is 17.9 Å². The maximum absolute atomic E-state index is 12.0. The number of furan rings is 1. The third-order valence-corrected chi connectivity index (χ3v) is 3.38. The van der Waals surface area contributed by atoms with Gasteiger partial charge in [-0.15, -0.1) is 0 Å². The molecule has 1 atom stereocenters. The highest BCUT2D eigenvalue weighted by molar-refractivity contribution is 5.94. The van der Waals surface area contributed by atoms with Crippen molar-refractivity contribution in [3.63, 3.8) is 0 Å². The number of hydrogen-bond acceptors (Lipinski definition) is 4. The number of nitrogens with one attached hydrogen (secondary N) is 1. The van der Waals surface area contributed by atoms with E-state index in [1.165, 1.54) is 0 Å². The molecule has 0 aromatic carbocycles. The molecule has 0 aliphatic carbocycles. The Kier molecular flexibility index (Phi) is 6.42. The van der Waals surface area contributed by atoms with Crippen molar-refractivity contribution in [2.45, 2.75) is 40.3 Å². The van der Waals surface area contributed by atoms with Gasteiger partial charge in [-0.25, -0.2) is 4.79 Å². The number of carbonyl (C=O) groups excluding carboxylic acids is 1. The number of carboxylic acids is 1. The molecule has 0 radical (unpaired) electrons. The minimum Gasteiger partial charge on any atom is -0.480 e. The van der Waals surface area contributed by atoms with Crippen LogP contribution < -0.4 is 5.32 Å². The summed E-state index contributed by atoms with van der Waals surface area (Å²) in [6.07, 6.45) is 0. The zero-order chi connectivity index (χ0) is 16.0. The predicted octanol–water partition coefficient (Wildman–Crippen LogP) is 1.96. The Morgan fingerprint density at radius 1 is 1.29 bits per heavy atom. The SMILES string of the molecule is CCN(CC)Cc1ccc(C(=O)N[C@@H](C(=O)O)C(C)C)o1. The molecule has 6 heteroatoms. The Bertz CT molecular complexity index is 478. The average Bonchev–Trinajstić information content (AvgIpc) is 2.89. The Balaban J connectivity index is 2.71. The molecule has 21 heavy (non-hydrogen) atoms. The van der Waals surface area contributed by atoms with Gasteiger partial charge in [0.1, 0.15) is 11.8 Å². The van der Waals surface area contributed by atoms with Crippen LogP contribution in [0.5, 0.6) is 0 Å². The Hall–Kier alpha value is -1.82. The first kappa shape index (κ1) is 17.2. The maximum Gasteiger partial charge on any atom is 0.326 e. The standard InChI is InChI=1S/C15H24N2O4/c1-5-17(6-2)9-11-7-8-12(21-11)14(18)16-13(10(3)4)15(19)20/h7-8,10,13H,5-6,9H2,1-4H3,(H,16,18)(H,19,20)/t13-/m1/s1. The van der Waals surface area contributed by atoms with E-state index in [1.54, 1.807) is 26.0 Å². The molecule has 0 saturated carbocycles. The molecule has 1 heterocycles. The second-order valence-electron chi connectivity index (χ2n) is 5.26. The lowest BCUT2D eigenvalue weighted by atomic mass is 10.0. The van der Waals surface area contributed by atoms with Gasteiger partial charge >= 0.3 is 5.97 Å². The number of carboxylic acid groups (broad SMARTS) is 1. The molecular weight excluding hydrogens is 272 g/mol. The monoisotopic (exact) mass is 296 g/mol. The number of hydrogen-bond donors (Lipinski definition) is 2. The largest absolute Gasteiger partial charge is 0.480 e. The summed E-state index contributed by atoms with van der Waals surface area (Å²) in [5.74, 6) is -0.906. The molecule has 0 aliphatic rings. The molecule has 0 aliphatic heterocycles. The van der Waals surface area contributed by atoms with Gasteiger partial charge in [-0.05, 0) is 31.1 Å². The lowest BCUT2D eigenvalue weighted by Gasteiger charge is -2.17. The Morgan fingerprint density at radius 2 is 1.90 bits per heavy atom. The fraction of sp³-hybridized carbons (Fsp3) is 0.600. The van der Waals surface area contributed by atoms with E-state index in [9.17, 15) is 9.59 Å². The van der Waals surface area contributed by atoms with Gasteiger partial charge in [-0.2, -0.15) is 0 Å². The first-order valence-corrected chi connectivity index (χ1v) is 7.23. The van der Waals surface area contributed by atoms with E-state index in [4.69, 9.17) is 9.52 Å². The number of nitrogens with zero attached hydrogens (tertiary/aromatic N) is 1. The first-order valence-electron chi connectivity index (χ1n) is 7.23. The summed E-state index contributed by atoms with van der Waals surface area (Å²) >= 11 is 0.